The van der Waals surface area contributed by atoms with Crippen LogP contribution in [0.2, 0.25) is 0 Å². The zero-order valence-corrected chi connectivity index (χ0v) is 16.3. The molecule has 1 amide bonds. The monoisotopic (exact) mass is 387 g/mol. The number of hydrogen-bond donors (Lipinski definition) is 0. The zero-order valence-electron chi connectivity index (χ0n) is 14.6. The number of thiazole rings is 1. The summed E-state index contributed by atoms with van der Waals surface area (Å²) in [5.41, 5.74) is 1.78. The minimum absolute atomic E-state index is 0.0742. The summed E-state index contributed by atoms with van der Waals surface area (Å²) in [7, 11) is 0. The highest BCUT2D eigenvalue weighted by atomic mass is 32.2. The number of benzene rings is 1. The number of thioether (sulfide) groups is 1. The lowest BCUT2D eigenvalue weighted by Crippen LogP contribution is -2.32. The number of aromatic nitrogens is 2. The molecule has 3 rings (SSSR count). The van der Waals surface area contributed by atoms with Gasteiger partial charge in [0.15, 0.2) is 4.96 Å². The molecule has 1 aromatic carbocycles. The minimum Gasteiger partial charge on any atom is -0.338 e. The van der Waals surface area contributed by atoms with Gasteiger partial charge in [-0.2, -0.15) is 0 Å². The van der Waals surface area contributed by atoms with Crippen LogP contribution in [0.15, 0.2) is 52.8 Å². The molecule has 136 valence electrons. The molecule has 0 unspecified atom stereocenters. The van der Waals surface area contributed by atoms with Gasteiger partial charge >= 0.3 is 0 Å². The Kier molecular flexibility index (Phi) is 6.46. The van der Waals surface area contributed by atoms with Gasteiger partial charge in [0.05, 0.1) is 11.4 Å². The van der Waals surface area contributed by atoms with Crippen molar-refractivity contribution in [3.05, 3.63) is 69.6 Å². The van der Waals surface area contributed by atoms with E-state index < -0.39 is 0 Å². The molecule has 7 heteroatoms. The van der Waals surface area contributed by atoms with Crippen molar-refractivity contribution in [3.8, 4) is 0 Å². The van der Waals surface area contributed by atoms with Crippen molar-refractivity contribution in [3.63, 3.8) is 0 Å². The molecule has 0 aliphatic carbocycles. The molecule has 0 saturated carbocycles. The topological polar surface area (TPSA) is 54.7 Å². The minimum atomic E-state index is -0.0742. The Bertz CT molecular complexity index is 921. The van der Waals surface area contributed by atoms with Crippen LogP contribution < -0.4 is 5.56 Å². The highest BCUT2D eigenvalue weighted by Crippen LogP contribution is 2.14. The fraction of sp³-hybridized carbons (Fsp3) is 0.316. The van der Waals surface area contributed by atoms with Crippen LogP contribution in [0.25, 0.3) is 4.96 Å². The van der Waals surface area contributed by atoms with Crippen LogP contribution in [0.4, 0.5) is 0 Å². The van der Waals surface area contributed by atoms with Crippen LogP contribution in [0.1, 0.15) is 24.6 Å². The molecule has 0 spiro atoms. The van der Waals surface area contributed by atoms with Gasteiger partial charge in [0.25, 0.3) is 5.56 Å². The molecule has 0 atom stereocenters. The average Bonchev–Trinajstić information content (AvgIpc) is 3.11. The van der Waals surface area contributed by atoms with E-state index in [2.05, 4.69) is 11.9 Å². The maximum absolute atomic E-state index is 12.6. The summed E-state index contributed by atoms with van der Waals surface area (Å²) in [6, 6.07) is 11.6. The largest absolute Gasteiger partial charge is 0.338 e. The van der Waals surface area contributed by atoms with Crippen LogP contribution in [-0.2, 0) is 17.1 Å². The van der Waals surface area contributed by atoms with Crippen molar-refractivity contribution in [1.82, 2.24) is 14.3 Å². The zero-order chi connectivity index (χ0) is 18.4. The molecule has 0 radical (unpaired) electrons. The van der Waals surface area contributed by atoms with Gasteiger partial charge in [-0.15, -0.1) is 23.1 Å². The normalized spacial score (nSPS) is 11.0. The summed E-state index contributed by atoms with van der Waals surface area (Å²) in [6.45, 7) is 3.45. The molecule has 3 aromatic rings. The summed E-state index contributed by atoms with van der Waals surface area (Å²) in [5.74, 6) is 1.06. The molecule has 0 fully saturated rings. The number of nitrogens with zero attached hydrogens (tertiary/aromatic N) is 3. The lowest BCUT2D eigenvalue weighted by molar-refractivity contribution is -0.129. The first-order valence-electron chi connectivity index (χ1n) is 8.52. The van der Waals surface area contributed by atoms with E-state index in [1.54, 1.807) is 12.3 Å². The molecule has 0 N–H and O–H groups in total. The quantitative estimate of drug-likeness (QED) is 0.594. The van der Waals surface area contributed by atoms with Crippen LogP contribution in [0.5, 0.6) is 0 Å². The molecule has 0 aliphatic heterocycles. The summed E-state index contributed by atoms with van der Waals surface area (Å²) in [6.07, 6.45) is 2.65. The maximum atomic E-state index is 12.6. The standard InChI is InChI=1S/C19H21N3O2S2/c1-2-8-21(12-15-6-4-3-5-7-15)18(24)14-25-13-16-11-17(23)22-9-10-26-19(22)20-16/h3-7,9-11H,2,8,12-14H2,1H3. The van der Waals surface area contributed by atoms with Crippen molar-refractivity contribution in [2.24, 2.45) is 0 Å². The van der Waals surface area contributed by atoms with Crippen molar-refractivity contribution < 1.29 is 4.79 Å². The Morgan fingerprint density at radius 3 is 2.88 bits per heavy atom. The van der Waals surface area contributed by atoms with Gasteiger partial charge in [-0.05, 0) is 12.0 Å². The van der Waals surface area contributed by atoms with Crippen LogP contribution >= 0.6 is 23.1 Å². The fourth-order valence-corrected chi connectivity index (χ4v) is 4.22. The lowest BCUT2D eigenvalue weighted by Gasteiger charge is -2.22. The third kappa shape index (κ3) is 4.74. The van der Waals surface area contributed by atoms with Gasteiger partial charge in [0.1, 0.15) is 0 Å². The predicted molar refractivity (Wildman–Crippen MR) is 108 cm³/mol. The van der Waals surface area contributed by atoms with Gasteiger partial charge in [0.2, 0.25) is 5.91 Å². The van der Waals surface area contributed by atoms with Gasteiger partial charge < -0.3 is 4.90 Å². The molecule has 0 bridgehead atoms. The highest BCUT2D eigenvalue weighted by Gasteiger charge is 2.13. The lowest BCUT2D eigenvalue weighted by atomic mass is 10.2. The van der Waals surface area contributed by atoms with E-state index in [1.807, 2.05) is 40.6 Å². The van der Waals surface area contributed by atoms with Crippen molar-refractivity contribution >= 4 is 34.0 Å². The molecular formula is C19H21N3O2S2. The van der Waals surface area contributed by atoms with Gasteiger partial charge in [-0.3, -0.25) is 14.0 Å². The Labute approximate surface area is 160 Å². The van der Waals surface area contributed by atoms with Crippen LogP contribution in [0.3, 0.4) is 0 Å². The second-order valence-corrected chi connectivity index (χ2v) is 7.79. The molecule has 2 heterocycles. The predicted octanol–water partition coefficient (Wildman–Crippen LogP) is 3.43. The second kappa shape index (κ2) is 9.00. The highest BCUT2D eigenvalue weighted by molar-refractivity contribution is 7.99. The van der Waals surface area contributed by atoms with Crippen LogP contribution in [0, 0.1) is 0 Å². The molecule has 5 nitrogen and oxygen atoms in total. The summed E-state index contributed by atoms with van der Waals surface area (Å²) in [5, 5.41) is 1.84. The Hall–Kier alpha value is -2.12. The number of rotatable bonds is 8. The third-order valence-electron chi connectivity index (χ3n) is 3.89. The number of carbonyl (C=O) groups excluding carboxylic acids is 1. The van der Waals surface area contributed by atoms with E-state index in [0.29, 0.717) is 23.0 Å². The summed E-state index contributed by atoms with van der Waals surface area (Å²) in [4.78, 5) is 31.7. The fourth-order valence-electron chi connectivity index (χ4n) is 2.66. The SMILES string of the molecule is CCCN(Cc1ccccc1)C(=O)CSCc1cc(=O)n2ccsc2n1. The van der Waals surface area contributed by atoms with E-state index in [9.17, 15) is 9.59 Å². The molecule has 26 heavy (non-hydrogen) atoms. The van der Waals surface area contributed by atoms with Crippen molar-refractivity contribution in [1.29, 1.82) is 0 Å². The van der Waals surface area contributed by atoms with E-state index in [0.717, 1.165) is 24.2 Å². The van der Waals surface area contributed by atoms with Crippen LogP contribution in [-0.4, -0.2) is 32.5 Å². The first-order chi connectivity index (χ1) is 12.7. The first kappa shape index (κ1) is 18.7. The van der Waals surface area contributed by atoms with Gasteiger partial charge in [0, 0.05) is 36.5 Å². The van der Waals surface area contributed by atoms with E-state index in [1.165, 1.54) is 27.5 Å². The number of fused-ring (bicyclic) bond motifs is 1. The Balaban J connectivity index is 1.57. The van der Waals surface area contributed by atoms with E-state index >= 15 is 0 Å². The summed E-state index contributed by atoms with van der Waals surface area (Å²) < 4.78 is 1.53. The average molecular weight is 388 g/mol. The third-order valence-corrected chi connectivity index (χ3v) is 5.60. The number of amides is 1. The molecule has 0 aliphatic rings. The Morgan fingerprint density at radius 2 is 2.12 bits per heavy atom. The van der Waals surface area contributed by atoms with Gasteiger partial charge in [-0.25, -0.2) is 4.98 Å². The molecule has 2 aromatic heterocycles. The maximum Gasteiger partial charge on any atom is 0.258 e. The number of hydrogen-bond acceptors (Lipinski definition) is 5. The van der Waals surface area contributed by atoms with Crippen molar-refractivity contribution in [2.45, 2.75) is 25.6 Å². The molecule has 0 saturated heterocycles. The van der Waals surface area contributed by atoms with E-state index in [-0.39, 0.29) is 11.5 Å². The smallest absolute Gasteiger partial charge is 0.258 e. The van der Waals surface area contributed by atoms with Crippen molar-refractivity contribution in [2.75, 3.05) is 12.3 Å². The van der Waals surface area contributed by atoms with Gasteiger partial charge in [-0.1, -0.05) is 37.3 Å². The molecular weight excluding hydrogens is 366 g/mol. The second-order valence-electron chi connectivity index (χ2n) is 5.93. The summed E-state index contributed by atoms with van der Waals surface area (Å²) >= 11 is 2.94. The van der Waals surface area contributed by atoms with E-state index in [4.69, 9.17) is 0 Å². The number of carbonyl (C=O) groups is 1. The Morgan fingerprint density at radius 1 is 1.31 bits per heavy atom. The first-order valence-corrected chi connectivity index (χ1v) is 10.6.